The zero-order chi connectivity index (χ0) is 21.2. The van der Waals surface area contributed by atoms with Crippen molar-refractivity contribution >= 4 is 10.1 Å². The van der Waals surface area contributed by atoms with E-state index in [-0.39, 0.29) is 11.5 Å². The lowest BCUT2D eigenvalue weighted by atomic mass is 10.2. The number of rotatable bonds is 16. The van der Waals surface area contributed by atoms with Crippen LogP contribution in [0.5, 0.6) is 0 Å². The topological polar surface area (TPSA) is 43.4 Å². The van der Waals surface area contributed by atoms with E-state index in [2.05, 4.69) is 43.4 Å². The second kappa shape index (κ2) is 16.2. The van der Waals surface area contributed by atoms with Crippen molar-refractivity contribution in [3.8, 4) is 0 Å². The van der Waals surface area contributed by atoms with Gasteiger partial charge in [-0.05, 0) is 64.0 Å². The molecule has 0 aliphatic carbocycles. The first-order valence-electron chi connectivity index (χ1n) is 11.0. The number of benzene rings is 1. The highest BCUT2D eigenvalue weighted by molar-refractivity contribution is 7.86. The van der Waals surface area contributed by atoms with Gasteiger partial charge >= 0.3 is 0 Å². The van der Waals surface area contributed by atoms with Crippen molar-refractivity contribution in [3.63, 3.8) is 0 Å². The summed E-state index contributed by atoms with van der Waals surface area (Å²) in [6.07, 6.45) is 24.2. The molecule has 3 nitrogen and oxygen atoms in total. The normalized spacial score (nSPS) is 12.6. The minimum atomic E-state index is -3.62. The monoisotopic (exact) mass is 418 g/mol. The Morgan fingerprint density at radius 2 is 1.31 bits per heavy atom. The zero-order valence-electron chi connectivity index (χ0n) is 18.2. The van der Waals surface area contributed by atoms with Crippen LogP contribution < -0.4 is 0 Å². The van der Waals surface area contributed by atoms with Crippen molar-refractivity contribution in [3.05, 3.63) is 66.3 Å². The predicted molar refractivity (Wildman–Crippen MR) is 124 cm³/mol. The quantitative estimate of drug-likeness (QED) is 0.161. The summed E-state index contributed by atoms with van der Waals surface area (Å²) in [5.41, 5.74) is 1.03. The summed E-state index contributed by atoms with van der Waals surface area (Å²) in [7, 11) is -3.62. The summed E-state index contributed by atoms with van der Waals surface area (Å²) < 4.78 is 29.2. The predicted octanol–water partition coefficient (Wildman–Crippen LogP) is 7.29. The van der Waals surface area contributed by atoms with Crippen LogP contribution in [-0.2, 0) is 14.3 Å². The van der Waals surface area contributed by atoms with E-state index in [0.717, 1.165) is 44.1 Å². The minimum Gasteiger partial charge on any atom is -0.266 e. The highest BCUT2D eigenvalue weighted by atomic mass is 32.2. The average Bonchev–Trinajstić information content (AvgIpc) is 2.70. The van der Waals surface area contributed by atoms with Gasteiger partial charge in [-0.15, -0.1) is 0 Å². The lowest BCUT2D eigenvalue weighted by Crippen LogP contribution is -2.07. The lowest BCUT2D eigenvalue weighted by molar-refractivity contribution is 0.307. The van der Waals surface area contributed by atoms with Gasteiger partial charge in [-0.2, -0.15) is 8.42 Å². The lowest BCUT2D eigenvalue weighted by Gasteiger charge is -2.05. The first-order valence-corrected chi connectivity index (χ1v) is 12.4. The maximum absolute atomic E-state index is 12.1. The summed E-state index contributed by atoms with van der Waals surface area (Å²) in [5, 5.41) is 0. The molecule has 0 aromatic heterocycles. The standard InChI is InChI=1S/C25H38O3S/c1-3-4-5-6-7-8-9-10-11-12-13-14-15-16-17-18-23-28-29(26,27)25-21-19-24(2)20-22-25/h7-8,10-11,13-14,19-22H,3-6,9,12,15-18,23H2,1-2H3/b8-7-,11-10-,14-13-. The molecule has 4 heteroatoms. The molecular formula is C25H38O3S. The Morgan fingerprint density at radius 3 is 1.90 bits per heavy atom. The van der Waals surface area contributed by atoms with Crippen LogP contribution in [0.1, 0.15) is 76.7 Å². The Bertz CT molecular complexity index is 713. The largest absolute Gasteiger partial charge is 0.296 e. The summed E-state index contributed by atoms with van der Waals surface area (Å²) in [5.74, 6) is 0. The summed E-state index contributed by atoms with van der Waals surface area (Å²) in [4.78, 5) is 0.228. The van der Waals surface area contributed by atoms with Gasteiger partial charge in [0.1, 0.15) is 0 Å². The number of unbranched alkanes of at least 4 members (excludes halogenated alkanes) is 6. The van der Waals surface area contributed by atoms with Crippen molar-refractivity contribution in [1.29, 1.82) is 0 Å². The van der Waals surface area contributed by atoms with Gasteiger partial charge in [-0.25, -0.2) is 0 Å². The van der Waals surface area contributed by atoms with Crippen LogP contribution in [0, 0.1) is 6.92 Å². The maximum atomic E-state index is 12.1. The summed E-state index contributed by atoms with van der Waals surface area (Å²) >= 11 is 0. The number of hydrogen-bond donors (Lipinski definition) is 0. The van der Waals surface area contributed by atoms with Gasteiger partial charge < -0.3 is 0 Å². The van der Waals surface area contributed by atoms with Gasteiger partial charge in [0.05, 0.1) is 11.5 Å². The van der Waals surface area contributed by atoms with Crippen LogP contribution in [-0.4, -0.2) is 15.0 Å². The van der Waals surface area contributed by atoms with Crippen LogP contribution in [0.3, 0.4) is 0 Å². The molecule has 1 rings (SSSR count). The van der Waals surface area contributed by atoms with Crippen molar-refractivity contribution in [2.24, 2.45) is 0 Å². The molecule has 0 heterocycles. The van der Waals surface area contributed by atoms with Gasteiger partial charge in [0, 0.05) is 0 Å². The van der Waals surface area contributed by atoms with Crippen LogP contribution in [0.15, 0.2) is 65.6 Å². The third kappa shape index (κ3) is 13.2. The molecule has 1 aromatic carbocycles. The number of hydrogen-bond acceptors (Lipinski definition) is 3. The van der Waals surface area contributed by atoms with E-state index in [1.807, 2.05) is 6.92 Å². The van der Waals surface area contributed by atoms with E-state index < -0.39 is 10.1 Å². The number of allylic oxidation sites excluding steroid dienone is 6. The fourth-order valence-electron chi connectivity index (χ4n) is 2.77. The molecule has 0 amide bonds. The van der Waals surface area contributed by atoms with Crippen molar-refractivity contribution in [2.45, 2.75) is 83.0 Å². The molecule has 0 spiro atoms. The molecule has 0 N–H and O–H groups in total. The summed E-state index contributed by atoms with van der Waals surface area (Å²) in [6, 6.07) is 6.74. The Balaban J connectivity index is 2.01. The van der Waals surface area contributed by atoms with Crippen molar-refractivity contribution < 1.29 is 12.6 Å². The van der Waals surface area contributed by atoms with Crippen molar-refractivity contribution in [1.82, 2.24) is 0 Å². The molecule has 0 radical (unpaired) electrons. The fourth-order valence-corrected chi connectivity index (χ4v) is 3.72. The molecule has 0 aliphatic heterocycles. The molecule has 0 saturated heterocycles. The van der Waals surface area contributed by atoms with E-state index in [4.69, 9.17) is 4.18 Å². The van der Waals surface area contributed by atoms with Gasteiger partial charge in [0.25, 0.3) is 10.1 Å². The van der Waals surface area contributed by atoms with Crippen molar-refractivity contribution in [2.75, 3.05) is 6.61 Å². The third-order valence-electron chi connectivity index (χ3n) is 4.58. The van der Waals surface area contributed by atoms with Crippen LogP contribution >= 0.6 is 0 Å². The Kier molecular flexibility index (Phi) is 14.2. The van der Waals surface area contributed by atoms with Crippen LogP contribution in [0.2, 0.25) is 0 Å². The SMILES string of the molecule is CCCCC/C=C\C/C=C\C/C=C\CCCCCOS(=O)(=O)c1ccc(C)cc1. The van der Waals surface area contributed by atoms with Gasteiger partial charge in [0.2, 0.25) is 0 Å². The van der Waals surface area contributed by atoms with E-state index in [0.29, 0.717) is 0 Å². The van der Waals surface area contributed by atoms with Gasteiger partial charge in [-0.1, -0.05) is 80.3 Å². The van der Waals surface area contributed by atoms with Gasteiger partial charge in [-0.3, -0.25) is 4.18 Å². The molecule has 29 heavy (non-hydrogen) atoms. The Morgan fingerprint density at radius 1 is 0.759 bits per heavy atom. The molecule has 0 atom stereocenters. The molecule has 0 bridgehead atoms. The minimum absolute atomic E-state index is 0.228. The van der Waals surface area contributed by atoms with E-state index in [1.54, 1.807) is 24.3 Å². The Labute approximate surface area is 178 Å². The molecule has 162 valence electrons. The highest BCUT2D eigenvalue weighted by Crippen LogP contribution is 2.14. The fraction of sp³-hybridized carbons (Fsp3) is 0.520. The highest BCUT2D eigenvalue weighted by Gasteiger charge is 2.13. The molecule has 0 unspecified atom stereocenters. The number of aryl methyl sites for hydroxylation is 1. The van der Waals surface area contributed by atoms with Crippen LogP contribution in [0.25, 0.3) is 0 Å². The zero-order valence-corrected chi connectivity index (χ0v) is 19.0. The molecule has 0 aliphatic rings. The maximum Gasteiger partial charge on any atom is 0.296 e. The first kappa shape index (κ1) is 25.4. The smallest absolute Gasteiger partial charge is 0.266 e. The summed E-state index contributed by atoms with van der Waals surface area (Å²) in [6.45, 7) is 4.40. The second-order valence-corrected chi connectivity index (χ2v) is 8.94. The third-order valence-corrected chi connectivity index (χ3v) is 5.91. The van der Waals surface area contributed by atoms with Crippen LogP contribution in [0.4, 0.5) is 0 Å². The van der Waals surface area contributed by atoms with Gasteiger partial charge in [0.15, 0.2) is 0 Å². The second-order valence-electron chi connectivity index (χ2n) is 7.32. The molecular weight excluding hydrogens is 380 g/mol. The first-order chi connectivity index (χ1) is 14.1. The molecule has 0 fully saturated rings. The van der Waals surface area contributed by atoms with E-state index in [1.165, 1.54) is 25.7 Å². The van der Waals surface area contributed by atoms with E-state index >= 15 is 0 Å². The average molecular weight is 419 g/mol. The van der Waals surface area contributed by atoms with E-state index in [9.17, 15) is 8.42 Å². The Hall–Kier alpha value is -1.65. The molecule has 0 saturated carbocycles. The molecule has 1 aromatic rings.